The van der Waals surface area contributed by atoms with Gasteiger partial charge >= 0.3 is 0 Å². The van der Waals surface area contributed by atoms with E-state index in [2.05, 4.69) is 34.1 Å². The molecule has 0 saturated carbocycles. The van der Waals surface area contributed by atoms with Crippen LogP contribution in [0.15, 0.2) is 54.6 Å². The fraction of sp³-hybridized carbons (Fsp3) is 0.400. The Kier molecular flexibility index (Phi) is 5.72. The van der Waals surface area contributed by atoms with E-state index < -0.39 is 6.10 Å². The van der Waals surface area contributed by atoms with Crippen LogP contribution in [0.25, 0.3) is 0 Å². The second-order valence-corrected chi connectivity index (χ2v) is 6.40. The summed E-state index contributed by atoms with van der Waals surface area (Å²) in [6.07, 6.45) is -0.463. The van der Waals surface area contributed by atoms with Crippen molar-refractivity contribution in [2.24, 2.45) is 0 Å². The first-order valence-corrected chi connectivity index (χ1v) is 8.60. The van der Waals surface area contributed by atoms with E-state index in [1.54, 1.807) is 0 Å². The fourth-order valence-corrected chi connectivity index (χ4v) is 3.01. The van der Waals surface area contributed by atoms with Gasteiger partial charge in [-0.25, -0.2) is 0 Å². The lowest BCUT2D eigenvalue weighted by Gasteiger charge is -2.36. The highest BCUT2D eigenvalue weighted by molar-refractivity contribution is 5.46. The number of aliphatic hydroxyl groups is 1. The van der Waals surface area contributed by atoms with Crippen LogP contribution in [0.1, 0.15) is 5.56 Å². The summed E-state index contributed by atoms with van der Waals surface area (Å²) in [6, 6.07) is 18.4. The summed E-state index contributed by atoms with van der Waals surface area (Å²) in [4.78, 5) is 4.70. The van der Waals surface area contributed by atoms with E-state index in [4.69, 9.17) is 4.74 Å². The summed E-state index contributed by atoms with van der Waals surface area (Å²) in [5, 5.41) is 10.2. The predicted octanol–water partition coefficient (Wildman–Crippen LogP) is 2.56. The van der Waals surface area contributed by atoms with Gasteiger partial charge in [0.2, 0.25) is 0 Å². The first kappa shape index (κ1) is 16.8. The summed E-state index contributed by atoms with van der Waals surface area (Å²) >= 11 is 0. The minimum atomic E-state index is -0.463. The zero-order chi connectivity index (χ0) is 16.8. The highest BCUT2D eigenvalue weighted by Crippen LogP contribution is 2.16. The van der Waals surface area contributed by atoms with E-state index in [9.17, 15) is 5.11 Å². The van der Waals surface area contributed by atoms with Gasteiger partial charge < -0.3 is 14.7 Å². The molecule has 0 radical (unpaired) electrons. The molecule has 2 aromatic carbocycles. The number of aryl methyl sites for hydroxylation is 1. The maximum atomic E-state index is 10.2. The number of benzene rings is 2. The predicted molar refractivity (Wildman–Crippen MR) is 97.8 cm³/mol. The van der Waals surface area contributed by atoms with Crippen molar-refractivity contribution in [1.29, 1.82) is 0 Å². The molecule has 1 aliphatic heterocycles. The Balaban J connectivity index is 1.40. The number of rotatable bonds is 6. The van der Waals surface area contributed by atoms with Crippen molar-refractivity contribution < 1.29 is 9.84 Å². The maximum Gasteiger partial charge on any atom is 0.119 e. The number of piperazine rings is 1. The molecule has 0 amide bonds. The van der Waals surface area contributed by atoms with Gasteiger partial charge in [-0.2, -0.15) is 0 Å². The van der Waals surface area contributed by atoms with Crippen molar-refractivity contribution in [2.45, 2.75) is 13.0 Å². The van der Waals surface area contributed by atoms with Gasteiger partial charge in [0.25, 0.3) is 0 Å². The number of para-hydroxylation sites is 1. The molecule has 1 saturated heterocycles. The summed E-state index contributed by atoms with van der Waals surface area (Å²) < 4.78 is 5.67. The molecule has 1 heterocycles. The summed E-state index contributed by atoms with van der Waals surface area (Å²) in [5.74, 6) is 0.813. The molecule has 2 aromatic rings. The normalized spacial score (nSPS) is 16.8. The Morgan fingerprint density at radius 2 is 1.62 bits per heavy atom. The van der Waals surface area contributed by atoms with E-state index in [1.165, 1.54) is 11.3 Å². The average molecular weight is 326 g/mol. The van der Waals surface area contributed by atoms with Crippen LogP contribution in [0.2, 0.25) is 0 Å². The number of ether oxygens (including phenoxy) is 1. The van der Waals surface area contributed by atoms with Crippen LogP contribution < -0.4 is 9.64 Å². The van der Waals surface area contributed by atoms with E-state index in [0.717, 1.165) is 31.9 Å². The average Bonchev–Trinajstić information content (AvgIpc) is 2.63. The van der Waals surface area contributed by atoms with Crippen LogP contribution in [-0.4, -0.2) is 55.4 Å². The molecule has 4 heteroatoms. The minimum Gasteiger partial charge on any atom is -0.491 e. The fourth-order valence-electron chi connectivity index (χ4n) is 3.01. The number of aliphatic hydroxyl groups excluding tert-OH is 1. The Hall–Kier alpha value is -2.04. The molecule has 1 N–H and O–H groups in total. The van der Waals surface area contributed by atoms with Gasteiger partial charge in [0.15, 0.2) is 0 Å². The summed E-state index contributed by atoms with van der Waals surface area (Å²) in [6.45, 7) is 6.97. The molecule has 0 bridgehead atoms. The standard InChI is InChI=1S/C20H26N2O2/c1-17-7-9-20(10-8-17)24-16-19(23)15-21-11-13-22(14-12-21)18-5-3-2-4-6-18/h2-10,19,23H,11-16H2,1H3/t19-/m1/s1. The number of β-amino-alcohol motifs (C(OH)–C–C–N with tert-alkyl or cyclic N) is 1. The highest BCUT2D eigenvalue weighted by atomic mass is 16.5. The Bertz CT molecular complexity index is 607. The first-order valence-electron chi connectivity index (χ1n) is 8.60. The molecule has 3 rings (SSSR count). The van der Waals surface area contributed by atoms with Crippen LogP contribution in [-0.2, 0) is 0 Å². The molecule has 4 nitrogen and oxygen atoms in total. The van der Waals surface area contributed by atoms with Gasteiger partial charge in [0.05, 0.1) is 0 Å². The van der Waals surface area contributed by atoms with Crippen LogP contribution in [0.5, 0.6) is 5.75 Å². The maximum absolute atomic E-state index is 10.2. The van der Waals surface area contributed by atoms with Crippen molar-refractivity contribution in [3.63, 3.8) is 0 Å². The number of hydrogen-bond acceptors (Lipinski definition) is 4. The van der Waals surface area contributed by atoms with Crippen molar-refractivity contribution in [3.8, 4) is 5.75 Å². The number of anilines is 1. The van der Waals surface area contributed by atoms with Crippen LogP contribution in [0.3, 0.4) is 0 Å². The van der Waals surface area contributed by atoms with Gasteiger partial charge in [-0.15, -0.1) is 0 Å². The minimum absolute atomic E-state index is 0.335. The van der Waals surface area contributed by atoms with Crippen molar-refractivity contribution >= 4 is 5.69 Å². The third-order valence-corrected chi connectivity index (χ3v) is 4.43. The van der Waals surface area contributed by atoms with E-state index in [-0.39, 0.29) is 0 Å². The van der Waals surface area contributed by atoms with Gasteiger partial charge in [0.1, 0.15) is 18.5 Å². The quantitative estimate of drug-likeness (QED) is 0.885. The molecule has 0 aliphatic carbocycles. The molecule has 1 aliphatic rings. The zero-order valence-electron chi connectivity index (χ0n) is 14.3. The second kappa shape index (κ2) is 8.18. The topological polar surface area (TPSA) is 35.9 Å². The Morgan fingerprint density at radius 3 is 2.29 bits per heavy atom. The molecular weight excluding hydrogens is 300 g/mol. The number of hydrogen-bond donors (Lipinski definition) is 1. The molecule has 1 fully saturated rings. The van der Waals surface area contributed by atoms with E-state index in [0.29, 0.717) is 13.2 Å². The molecule has 0 spiro atoms. The second-order valence-electron chi connectivity index (χ2n) is 6.40. The number of nitrogens with zero attached hydrogens (tertiary/aromatic N) is 2. The van der Waals surface area contributed by atoms with Gasteiger partial charge in [-0.3, -0.25) is 4.90 Å². The molecule has 24 heavy (non-hydrogen) atoms. The van der Waals surface area contributed by atoms with Gasteiger partial charge in [0, 0.05) is 38.4 Å². The van der Waals surface area contributed by atoms with Gasteiger partial charge in [-0.05, 0) is 31.2 Å². The molecule has 1 atom stereocenters. The molecular formula is C20H26N2O2. The van der Waals surface area contributed by atoms with Crippen LogP contribution in [0, 0.1) is 6.92 Å². The third kappa shape index (κ3) is 4.73. The largest absolute Gasteiger partial charge is 0.491 e. The van der Waals surface area contributed by atoms with Gasteiger partial charge in [-0.1, -0.05) is 35.9 Å². The lowest BCUT2D eigenvalue weighted by atomic mass is 10.2. The highest BCUT2D eigenvalue weighted by Gasteiger charge is 2.19. The summed E-state index contributed by atoms with van der Waals surface area (Å²) in [5.41, 5.74) is 2.49. The molecule has 128 valence electrons. The van der Waals surface area contributed by atoms with Crippen molar-refractivity contribution in [2.75, 3.05) is 44.2 Å². The third-order valence-electron chi connectivity index (χ3n) is 4.43. The van der Waals surface area contributed by atoms with Crippen LogP contribution in [0.4, 0.5) is 5.69 Å². The van der Waals surface area contributed by atoms with Crippen molar-refractivity contribution in [1.82, 2.24) is 4.90 Å². The van der Waals surface area contributed by atoms with Crippen LogP contribution >= 0.6 is 0 Å². The Labute approximate surface area is 144 Å². The molecule has 0 aromatic heterocycles. The zero-order valence-corrected chi connectivity index (χ0v) is 14.3. The molecule has 0 unspecified atom stereocenters. The Morgan fingerprint density at radius 1 is 0.958 bits per heavy atom. The first-order chi connectivity index (χ1) is 11.7. The van der Waals surface area contributed by atoms with E-state index >= 15 is 0 Å². The lowest BCUT2D eigenvalue weighted by Crippen LogP contribution is -2.49. The summed E-state index contributed by atoms with van der Waals surface area (Å²) in [7, 11) is 0. The lowest BCUT2D eigenvalue weighted by molar-refractivity contribution is 0.0663. The smallest absolute Gasteiger partial charge is 0.119 e. The van der Waals surface area contributed by atoms with E-state index in [1.807, 2.05) is 37.3 Å². The van der Waals surface area contributed by atoms with Crippen molar-refractivity contribution in [3.05, 3.63) is 60.2 Å². The monoisotopic (exact) mass is 326 g/mol. The SMILES string of the molecule is Cc1ccc(OC[C@H](O)CN2CCN(c3ccccc3)CC2)cc1.